The summed E-state index contributed by atoms with van der Waals surface area (Å²) < 4.78 is 10.5. The van der Waals surface area contributed by atoms with Crippen LogP contribution >= 0.6 is 0 Å². The maximum atomic E-state index is 12.3. The number of carbonyl (C=O) groups excluding carboxylic acids is 2. The van der Waals surface area contributed by atoms with Crippen LogP contribution in [0.2, 0.25) is 0 Å². The van der Waals surface area contributed by atoms with Crippen molar-refractivity contribution in [1.29, 1.82) is 0 Å². The van der Waals surface area contributed by atoms with Gasteiger partial charge in [-0.1, -0.05) is 13.8 Å². The second kappa shape index (κ2) is 8.68. The van der Waals surface area contributed by atoms with Gasteiger partial charge in [-0.05, 0) is 32.9 Å². The number of anilines is 2. The summed E-state index contributed by atoms with van der Waals surface area (Å²) >= 11 is 0. The van der Waals surface area contributed by atoms with Gasteiger partial charge >= 0.3 is 12.1 Å². The molecule has 1 amide bonds. The smallest absolute Gasteiger partial charge is 0.410 e. The zero-order valence-electron chi connectivity index (χ0n) is 17.3. The number of aliphatic hydroxyl groups excluding tert-OH is 1. The molecule has 2 aliphatic rings. The first-order valence-corrected chi connectivity index (χ1v) is 9.64. The average Bonchev–Trinajstić information content (AvgIpc) is 3.01. The lowest BCUT2D eigenvalue weighted by Gasteiger charge is -2.42. The molecule has 1 atom stereocenters. The minimum atomic E-state index is -0.570. The Kier molecular flexibility index (Phi) is 6.77. The molecule has 3 N–H and O–H groups in total. The fraction of sp³-hybridized carbons (Fsp3) is 0.600. The topological polar surface area (TPSA) is 105 Å². The Hall–Kier alpha value is -2.48. The molecule has 0 radical (unpaired) electrons. The molecule has 2 aliphatic heterocycles. The molecule has 1 fully saturated rings. The van der Waals surface area contributed by atoms with Crippen LogP contribution < -0.4 is 10.6 Å². The van der Waals surface area contributed by atoms with Crippen LogP contribution in [-0.2, 0) is 16.1 Å². The first-order chi connectivity index (χ1) is 13.2. The van der Waals surface area contributed by atoms with Gasteiger partial charge in [0.2, 0.25) is 0 Å². The van der Waals surface area contributed by atoms with Crippen molar-refractivity contribution < 1.29 is 24.2 Å². The van der Waals surface area contributed by atoms with Crippen molar-refractivity contribution in [2.24, 2.45) is 0 Å². The van der Waals surface area contributed by atoms with Crippen molar-refractivity contribution in [3.05, 3.63) is 23.3 Å². The number of nitrogen functional groups attached to an aromatic ring is 1. The van der Waals surface area contributed by atoms with Gasteiger partial charge in [0.25, 0.3) is 0 Å². The van der Waals surface area contributed by atoms with Crippen LogP contribution in [0, 0.1) is 0 Å². The van der Waals surface area contributed by atoms with E-state index in [1.165, 1.54) is 0 Å². The summed E-state index contributed by atoms with van der Waals surface area (Å²) in [5.74, 6) is -0.369. The number of nitrogens with two attached hydrogens (primary N) is 1. The van der Waals surface area contributed by atoms with Crippen LogP contribution in [0.4, 0.5) is 16.2 Å². The summed E-state index contributed by atoms with van der Waals surface area (Å²) in [7, 11) is 0. The molecule has 1 aromatic carbocycles. The lowest BCUT2D eigenvalue weighted by Crippen LogP contribution is -2.57. The highest BCUT2D eigenvalue weighted by atomic mass is 16.6. The second-order valence-electron chi connectivity index (χ2n) is 7.60. The summed E-state index contributed by atoms with van der Waals surface area (Å²) in [4.78, 5) is 27.5. The Balaban J connectivity index is 0.00000136. The van der Waals surface area contributed by atoms with E-state index < -0.39 is 11.7 Å². The van der Waals surface area contributed by atoms with Gasteiger partial charge in [-0.25, -0.2) is 9.59 Å². The largest absolute Gasteiger partial charge is 0.457 e. The van der Waals surface area contributed by atoms with E-state index in [0.717, 1.165) is 11.3 Å². The van der Waals surface area contributed by atoms with Gasteiger partial charge in [0.05, 0.1) is 29.6 Å². The molecule has 0 aromatic heterocycles. The van der Waals surface area contributed by atoms with E-state index >= 15 is 0 Å². The van der Waals surface area contributed by atoms with Crippen molar-refractivity contribution in [2.45, 2.75) is 52.9 Å². The molecule has 8 heteroatoms. The number of fused-ring (bicyclic) bond motifs is 1. The highest BCUT2D eigenvalue weighted by Crippen LogP contribution is 2.33. The van der Waals surface area contributed by atoms with Gasteiger partial charge in [0.15, 0.2) is 0 Å². The number of aliphatic hydroxyl groups is 1. The van der Waals surface area contributed by atoms with Crippen molar-refractivity contribution in [1.82, 2.24) is 4.90 Å². The van der Waals surface area contributed by atoms with Crippen LogP contribution in [0.15, 0.2) is 12.1 Å². The molecule has 8 nitrogen and oxygen atoms in total. The Morgan fingerprint density at radius 1 is 1.32 bits per heavy atom. The van der Waals surface area contributed by atoms with Crippen LogP contribution in [-0.4, -0.2) is 60.0 Å². The van der Waals surface area contributed by atoms with Crippen molar-refractivity contribution in [3.63, 3.8) is 0 Å². The number of piperazine rings is 1. The summed E-state index contributed by atoms with van der Waals surface area (Å²) in [6, 6.07) is 3.14. The number of amides is 1. The zero-order valence-corrected chi connectivity index (χ0v) is 17.3. The first kappa shape index (κ1) is 21.8. The highest BCUT2D eigenvalue weighted by molar-refractivity contribution is 5.96. The second-order valence-corrected chi connectivity index (χ2v) is 7.60. The monoisotopic (exact) mass is 393 g/mol. The Bertz CT molecular complexity index is 729. The maximum absolute atomic E-state index is 12.3. The average molecular weight is 393 g/mol. The van der Waals surface area contributed by atoms with Gasteiger partial charge in [0, 0.05) is 25.2 Å². The van der Waals surface area contributed by atoms with Gasteiger partial charge in [-0.15, -0.1) is 0 Å². The zero-order chi connectivity index (χ0) is 21.1. The summed E-state index contributed by atoms with van der Waals surface area (Å²) in [5.41, 5.74) is 8.04. The summed E-state index contributed by atoms with van der Waals surface area (Å²) in [6.45, 7) is 10.8. The minimum absolute atomic E-state index is 0.134. The molecular formula is C20H31N3O5. The molecule has 28 heavy (non-hydrogen) atoms. The van der Waals surface area contributed by atoms with E-state index in [2.05, 4.69) is 0 Å². The third-order valence-corrected chi connectivity index (χ3v) is 4.49. The van der Waals surface area contributed by atoms with E-state index in [0.29, 0.717) is 30.9 Å². The quantitative estimate of drug-likeness (QED) is 0.587. The number of hydrogen-bond donors (Lipinski definition) is 2. The molecule has 0 bridgehead atoms. The Morgan fingerprint density at radius 2 is 2.00 bits per heavy atom. The SMILES string of the molecule is CC.CC(C)(C)OC(=O)N1CCN(c2cc3c(cc2N)C(=O)OC3)C(CO)C1. The van der Waals surface area contributed by atoms with E-state index in [1.807, 2.05) is 45.6 Å². The Labute approximate surface area is 166 Å². The fourth-order valence-corrected chi connectivity index (χ4v) is 3.25. The predicted octanol–water partition coefficient (Wildman–Crippen LogP) is 2.38. The van der Waals surface area contributed by atoms with Crippen LogP contribution in [0.25, 0.3) is 0 Å². The van der Waals surface area contributed by atoms with Crippen molar-refractivity contribution in [2.75, 3.05) is 36.9 Å². The van der Waals surface area contributed by atoms with Crippen LogP contribution in [0.1, 0.15) is 50.5 Å². The maximum Gasteiger partial charge on any atom is 0.410 e. The molecule has 2 heterocycles. The van der Waals surface area contributed by atoms with Gasteiger partial charge in [-0.3, -0.25) is 0 Å². The molecule has 0 aliphatic carbocycles. The lowest BCUT2D eigenvalue weighted by atomic mass is 10.0. The first-order valence-electron chi connectivity index (χ1n) is 9.64. The third-order valence-electron chi connectivity index (χ3n) is 4.49. The van der Waals surface area contributed by atoms with Crippen molar-refractivity contribution in [3.8, 4) is 0 Å². The fourth-order valence-electron chi connectivity index (χ4n) is 3.25. The number of cyclic esters (lactones) is 1. The number of carbonyl (C=O) groups is 2. The summed E-state index contributed by atoms with van der Waals surface area (Å²) in [6.07, 6.45) is -0.392. The number of rotatable bonds is 2. The molecule has 156 valence electrons. The van der Waals surface area contributed by atoms with Crippen LogP contribution in [0.3, 0.4) is 0 Å². The minimum Gasteiger partial charge on any atom is -0.457 e. The van der Waals surface area contributed by atoms with Gasteiger partial charge in [0.1, 0.15) is 12.2 Å². The molecule has 1 aromatic rings. The van der Waals surface area contributed by atoms with E-state index in [-0.39, 0.29) is 25.2 Å². The molecule has 1 saturated heterocycles. The van der Waals surface area contributed by atoms with E-state index in [9.17, 15) is 14.7 Å². The van der Waals surface area contributed by atoms with Gasteiger partial charge in [-0.2, -0.15) is 0 Å². The standard InChI is InChI=1S/C18H25N3O5.C2H6/c1-18(2,3)26-17(24)20-4-5-21(12(8-20)9-22)15-6-11-10-25-16(23)13(11)7-14(15)19;1-2/h6-7,12,22H,4-5,8-10,19H2,1-3H3;1-2H3. The lowest BCUT2D eigenvalue weighted by molar-refractivity contribution is 0.0197. The number of hydrogen-bond acceptors (Lipinski definition) is 7. The van der Waals surface area contributed by atoms with Crippen LogP contribution in [0.5, 0.6) is 0 Å². The summed E-state index contributed by atoms with van der Waals surface area (Å²) in [5, 5.41) is 9.84. The molecule has 0 spiro atoms. The normalized spacial score (nSPS) is 18.8. The Morgan fingerprint density at radius 3 is 2.61 bits per heavy atom. The van der Waals surface area contributed by atoms with E-state index in [4.69, 9.17) is 15.2 Å². The molecule has 3 rings (SSSR count). The number of ether oxygens (including phenoxy) is 2. The third kappa shape index (κ3) is 4.67. The predicted molar refractivity (Wildman–Crippen MR) is 107 cm³/mol. The number of nitrogens with zero attached hydrogens (tertiary/aromatic N) is 2. The molecular weight excluding hydrogens is 362 g/mol. The number of esters is 1. The van der Waals surface area contributed by atoms with Gasteiger partial charge < -0.3 is 30.1 Å². The molecule has 1 unspecified atom stereocenters. The van der Waals surface area contributed by atoms with Crippen molar-refractivity contribution >= 4 is 23.4 Å². The highest BCUT2D eigenvalue weighted by Gasteiger charge is 2.33. The van der Waals surface area contributed by atoms with E-state index in [1.54, 1.807) is 11.0 Å². The number of benzene rings is 1. The molecule has 0 saturated carbocycles.